The van der Waals surface area contributed by atoms with Gasteiger partial charge in [-0.2, -0.15) is 0 Å². The van der Waals surface area contributed by atoms with Gasteiger partial charge < -0.3 is 4.74 Å². The van der Waals surface area contributed by atoms with Crippen LogP contribution in [0, 0.1) is 6.57 Å². The van der Waals surface area contributed by atoms with Gasteiger partial charge in [-0.3, -0.25) is 4.79 Å². The van der Waals surface area contributed by atoms with Crippen LogP contribution in [0.15, 0.2) is 10.2 Å². The lowest BCUT2D eigenvalue weighted by Crippen LogP contribution is -2.03. The molecule has 0 rings (SSSR count). The van der Waals surface area contributed by atoms with Crippen molar-refractivity contribution in [3.8, 4) is 0 Å². The molecule has 0 fully saturated rings. The Labute approximate surface area is 99.4 Å². The van der Waals surface area contributed by atoms with E-state index in [0.29, 0.717) is 4.48 Å². The van der Waals surface area contributed by atoms with Crippen LogP contribution in [-0.4, -0.2) is 13.1 Å². The fraction of sp³-hybridized carbons (Fsp3) is 0.636. The van der Waals surface area contributed by atoms with Gasteiger partial charge in [-0.25, -0.2) is 4.85 Å². The van der Waals surface area contributed by atoms with Crippen LogP contribution in [0.1, 0.15) is 39.0 Å². The average Bonchev–Trinajstić information content (AvgIpc) is 2.25. The van der Waals surface area contributed by atoms with Crippen LogP contribution in [0.4, 0.5) is 0 Å². The number of methoxy groups -OCH3 is 1. The summed E-state index contributed by atoms with van der Waals surface area (Å²) < 4.78 is 5.16. The maximum absolute atomic E-state index is 11.1. The summed E-state index contributed by atoms with van der Waals surface area (Å²) in [5.41, 5.74) is 0.0639. The molecule has 4 heteroatoms. The second-order valence-corrected chi connectivity index (χ2v) is 4.12. The molecular formula is C11H16BrNO2. The zero-order chi connectivity index (χ0) is 11.7. The Hall–Kier alpha value is -0.820. The molecule has 0 aromatic rings. The van der Waals surface area contributed by atoms with E-state index in [1.54, 1.807) is 0 Å². The summed E-state index contributed by atoms with van der Waals surface area (Å²) >= 11 is 3.26. The highest BCUT2D eigenvalue weighted by Gasteiger charge is 2.14. The van der Waals surface area contributed by atoms with E-state index in [1.807, 2.05) is 0 Å². The molecule has 0 heterocycles. The van der Waals surface area contributed by atoms with Gasteiger partial charge in [0, 0.05) is 4.48 Å². The predicted molar refractivity (Wildman–Crippen MR) is 63.3 cm³/mol. The molecular weight excluding hydrogens is 258 g/mol. The molecule has 0 aromatic heterocycles. The number of unbranched alkanes of at least 4 members (excludes halogenated alkanes) is 3. The first-order chi connectivity index (χ1) is 7.17. The molecule has 0 N–H and O–H groups in total. The van der Waals surface area contributed by atoms with E-state index in [-0.39, 0.29) is 5.70 Å². The molecule has 0 aromatic carbocycles. The fourth-order valence-electron chi connectivity index (χ4n) is 1.14. The number of hydrogen-bond acceptors (Lipinski definition) is 2. The molecule has 0 aliphatic rings. The summed E-state index contributed by atoms with van der Waals surface area (Å²) in [7, 11) is 1.28. The number of nitrogens with zero attached hydrogens (tertiary/aromatic N) is 1. The second-order valence-electron chi connectivity index (χ2n) is 3.17. The highest BCUT2D eigenvalue weighted by molar-refractivity contribution is 9.11. The third kappa shape index (κ3) is 5.58. The number of carbonyl (C=O) groups excluding carboxylic acids is 1. The number of allylic oxidation sites excluding steroid dienone is 1. The molecule has 0 saturated carbocycles. The van der Waals surface area contributed by atoms with Crippen LogP contribution in [0.2, 0.25) is 0 Å². The number of ether oxygens (including phenoxy) is 1. The second kappa shape index (κ2) is 8.49. The zero-order valence-corrected chi connectivity index (χ0v) is 10.8. The van der Waals surface area contributed by atoms with E-state index >= 15 is 0 Å². The average molecular weight is 274 g/mol. The summed E-state index contributed by atoms with van der Waals surface area (Å²) in [6, 6.07) is 0. The van der Waals surface area contributed by atoms with Crippen molar-refractivity contribution in [2.45, 2.75) is 39.0 Å². The van der Waals surface area contributed by atoms with Gasteiger partial charge in [0.15, 0.2) is 0 Å². The van der Waals surface area contributed by atoms with Gasteiger partial charge in [0.1, 0.15) is 0 Å². The van der Waals surface area contributed by atoms with Crippen molar-refractivity contribution < 1.29 is 9.53 Å². The molecule has 0 saturated heterocycles. The van der Waals surface area contributed by atoms with E-state index in [1.165, 1.54) is 20.0 Å². The van der Waals surface area contributed by atoms with E-state index in [2.05, 4.69) is 32.4 Å². The Kier molecular flexibility index (Phi) is 8.02. The lowest BCUT2D eigenvalue weighted by Gasteiger charge is -2.02. The number of carbonyl (C=O) groups is 1. The van der Waals surface area contributed by atoms with Gasteiger partial charge in [0.25, 0.3) is 5.70 Å². The standard InChI is InChI=1S/C11H16BrNO2/c1-4-5-6-7-8-9(12)10(13-2)11(14)15-3/h4-8H2,1,3H3/b10-9-. The molecule has 3 nitrogen and oxygen atoms in total. The molecule has 0 atom stereocenters. The van der Waals surface area contributed by atoms with Crippen LogP contribution in [0.5, 0.6) is 0 Å². The summed E-state index contributed by atoms with van der Waals surface area (Å²) in [5.74, 6) is -0.563. The summed E-state index contributed by atoms with van der Waals surface area (Å²) in [5, 5.41) is 0. The molecule has 0 radical (unpaired) electrons. The Balaban J connectivity index is 4.23. The molecule has 0 aliphatic carbocycles. The minimum atomic E-state index is -0.563. The maximum atomic E-state index is 11.1. The van der Waals surface area contributed by atoms with Gasteiger partial charge in [-0.05, 0) is 12.8 Å². The largest absolute Gasteiger partial charge is 0.474 e. The number of rotatable bonds is 6. The SMILES string of the molecule is [C-]#[N+]/C(C(=O)OC)=C(\Br)CCCCCC. The minimum absolute atomic E-state index is 0.0639. The van der Waals surface area contributed by atoms with Crippen LogP contribution >= 0.6 is 15.9 Å². The van der Waals surface area contributed by atoms with Gasteiger partial charge in [-0.15, -0.1) is 0 Å². The first-order valence-corrected chi connectivity index (χ1v) is 5.81. The zero-order valence-electron chi connectivity index (χ0n) is 9.18. The van der Waals surface area contributed by atoms with Crippen molar-refractivity contribution in [3.05, 3.63) is 21.6 Å². The highest BCUT2D eigenvalue weighted by Crippen LogP contribution is 2.21. The van der Waals surface area contributed by atoms with Gasteiger partial charge in [0.05, 0.1) is 13.7 Å². The number of halogens is 1. The van der Waals surface area contributed by atoms with E-state index < -0.39 is 5.97 Å². The smallest absolute Gasteiger partial charge is 0.336 e. The maximum Gasteiger partial charge on any atom is 0.336 e. The Morgan fingerprint density at radius 2 is 2.07 bits per heavy atom. The van der Waals surface area contributed by atoms with Crippen molar-refractivity contribution in [1.29, 1.82) is 0 Å². The molecule has 0 aliphatic heterocycles. The van der Waals surface area contributed by atoms with Crippen molar-refractivity contribution in [3.63, 3.8) is 0 Å². The third-order valence-corrected chi connectivity index (χ3v) is 2.77. The van der Waals surface area contributed by atoms with Gasteiger partial charge in [-0.1, -0.05) is 42.1 Å². The Bertz CT molecular complexity index is 279. The third-order valence-electron chi connectivity index (χ3n) is 2.00. The molecule has 0 amide bonds. The first kappa shape index (κ1) is 14.2. The Morgan fingerprint density at radius 3 is 2.53 bits per heavy atom. The summed E-state index contributed by atoms with van der Waals surface area (Å²) in [4.78, 5) is 14.3. The first-order valence-electron chi connectivity index (χ1n) is 5.01. The van der Waals surface area contributed by atoms with Crippen LogP contribution < -0.4 is 0 Å². The van der Waals surface area contributed by atoms with Gasteiger partial charge in [0.2, 0.25) is 0 Å². The molecule has 0 bridgehead atoms. The monoisotopic (exact) mass is 273 g/mol. The topological polar surface area (TPSA) is 30.7 Å². The van der Waals surface area contributed by atoms with E-state index in [4.69, 9.17) is 6.57 Å². The van der Waals surface area contributed by atoms with Crippen LogP contribution in [0.25, 0.3) is 4.85 Å². The van der Waals surface area contributed by atoms with Crippen molar-refractivity contribution in [2.24, 2.45) is 0 Å². The van der Waals surface area contributed by atoms with Crippen molar-refractivity contribution >= 4 is 21.9 Å². The summed E-state index contributed by atoms with van der Waals surface area (Å²) in [6.07, 6.45) is 5.20. The molecule has 0 unspecified atom stereocenters. The molecule has 84 valence electrons. The molecule has 15 heavy (non-hydrogen) atoms. The Morgan fingerprint density at radius 1 is 1.40 bits per heavy atom. The van der Waals surface area contributed by atoms with Crippen LogP contribution in [-0.2, 0) is 9.53 Å². The van der Waals surface area contributed by atoms with Gasteiger partial charge >= 0.3 is 5.97 Å². The summed E-state index contributed by atoms with van der Waals surface area (Å²) in [6.45, 7) is 9.02. The molecule has 0 spiro atoms. The number of esters is 1. The highest BCUT2D eigenvalue weighted by atomic mass is 79.9. The fourth-order valence-corrected chi connectivity index (χ4v) is 1.67. The lowest BCUT2D eigenvalue weighted by atomic mass is 10.1. The van der Waals surface area contributed by atoms with E-state index in [9.17, 15) is 4.79 Å². The normalized spacial score (nSPS) is 11.6. The predicted octanol–water partition coefficient (Wildman–Crippen LogP) is 3.66. The van der Waals surface area contributed by atoms with Crippen molar-refractivity contribution in [2.75, 3.05) is 7.11 Å². The van der Waals surface area contributed by atoms with Crippen molar-refractivity contribution in [1.82, 2.24) is 0 Å². The lowest BCUT2D eigenvalue weighted by molar-refractivity contribution is -0.135. The number of hydrogen-bond donors (Lipinski definition) is 0. The van der Waals surface area contributed by atoms with E-state index in [0.717, 1.165) is 19.3 Å². The quantitative estimate of drug-likeness (QED) is 0.320. The minimum Gasteiger partial charge on any atom is -0.474 e. The van der Waals surface area contributed by atoms with Crippen LogP contribution in [0.3, 0.4) is 0 Å².